The summed E-state index contributed by atoms with van der Waals surface area (Å²) in [5.74, 6) is 0.536. The number of amides is 1. The normalized spacial score (nSPS) is 9.07. The molecule has 1 N–H and O–H groups in total. The number of benzene rings is 1. The van der Waals surface area contributed by atoms with Crippen molar-refractivity contribution in [2.75, 3.05) is 7.11 Å². The van der Waals surface area contributed by atoms with Crippen LogP contribution in [-0.2, 0) is 11.2 Å². The van der Waals surface area contributed by atoms with Crippen molar-refractivity contribution in [1.29, 1.82) is 5.26 Å². The van der Waals surface area contributed by atoms with Crippen molar-refractivity contribution in [2.24, 2.45) is 0 Å². The number of nitriles is 1. The molecule has 15 heavy (non-hydrogen) atoms. The Morgan fingerprint density at radius 2 is 2.13 bits per heavy atom. The van der Waals surface area contributed by atoms with Gasteiger partial charge in [-0.3, -0.25) is 10.1 Å². The van der Waals surface area contributed by atoms with Gasteiger partial charge in [-0.25, -0.2) is 0 Å². The average Bonchev–Trinajstić information content (AvgIpc) is 2.27. The van der Waals surface area contributed by atoms with Gasteiger partial charge in [-0.15, -0.1) is 0 Å². The molecule has 0 unspecified atom stereocenters. The van der Waals surface area contributed by atoms with Crippen molar-refractivity contribution < 1.29 is 9.53 Å². The first-order chi connectivity index (χ1) is 7.26. The van der Waals surface area contributed by atoms with Gasteiger partial charge in [0.1, 0.15) is 5.75 Å². The van der Waals surface area contributed by atoms with Gasteiger partial charge >= 0.3 is 0 Å². The maximum Gasteiger partial charge on any atom is 0.233 e. The molecule has 1 rings (SSSR count). The molecule has 0 atom stereocenters. The fourth-order valence-corrected chi connectivity index (χ4v) is 1.17. The van der Waals surface area contributed by atoms with Crippen LogP contribution in [0.3, 0.4) is 0 Å². The highest BCUT2D eigenvalue weighted by atomic mass is 16.5. The van der Waals surface area contributed by atoms with E-state index in [0.717, 1.165) is 11.3 Å². The van der Waals surface area contributed by atoms with E-state index in [1.807, 2.05) is 24.3 Å². The van der Waals surface area contributed by atoms with Crippen molar-refractivity contribution in [3.63, 3.8) is 0 Å². The molecule has 0 saturated carbocycles. The molecule has 1 aromatic rings. The van der Waals surface area contributed by atoms with E-state index in [0.29, 0.717) is 12.8 Å². The highest BCUT2D eigenvalue weighted by Crippen LogP contribution is 2.12. The fraction of sp³-hybridized carbons (Fsp3) is 0.273. The summed E-state index contributed by atoms with van der Waals surface area (Å²) in [7, 11) is 1.61. The Morgan fingerprint density at radius 3 is 2.67 bits per heavy atom. The molecule has 0 spiro atoms. The minimum Gasteiger partial charge on any atom is -0.497 e. The number of aryl methyl sites for hydroxylation is 1. The first-order valence-corrected chi connectivity index (χ1v) is 4.57. The lowest BCUT2D eigenvalue weighted by atomic mass is 10.1. The molecule has 0 bridgehead atoms. The summed E-state index contributed by atoms with van der Waals surface area (Å²) in [4.78, 5) is 11.0. The molecule has 0 fully saturated rings. The van der Waals surface area contributed by atoms with Gasteiger partial charge in [0.05, 0.1) is 7.11 Å². The van der Waals surface area contributed by atoms with Gasteiger partial charge in [-0.05, 0) is 24.1 Å². The van der Waals surface area contributed by atoms with E-state index in [2.05, 4.69) is 5.32 Å². The monoisotopic (exact) mass is 204 g/mol. The smallest absolute Gasteiger partial charge is 0.233 e. The molecule has 1 amide bonds. The number of hydrogen-bond donors (Lipinski definition) is 1. The summed E-state index contributed by atoms with van der Waals surface area (Å²) in [6, 6.07) is 7.49. The van der Waals surface area contributed by atoms with E-state index in [4.69, 9.17) is 10.00 Å². The number of ether oxygens (including phenoxy) is 1. The summed E-state index contributed by atoms with van der Waals surface area (Å²) in [5, 5.41) is 10.3. The van der Waals surface area contributed by atoms with Gasteiger partial charge in [-0.1, -0.05) is 12.1 Å². The molecular formula is C11H12N2O2. The minimum atomic E-state index is -0.256. The first kappa shape index (κ1) is 11.1. The largest absolute Gasteiger partial charge is 0.497 e. The van der Waals surface area contributed by atoms with Crippen LogP contribution in [0.25, 0.3) is 0 Å². The van der Waals surface area contributed by atoms with E-state index >= 15 is 0 Å². The number of nitrogens with one attached hydrogen (secondary N) is 1. The third-order valence-electron chi connectivity index (χ3n) is 2.00. The predicted molar refractivity (Wildman–Crippen MR) is 55.1 cm³/mol. The lowest BCUT2D eigenvalue weighted by molar-refractivity contribution is -0.119. The van der Waals surface area contributed by atoms with Crippen molar-refractivity contribution in [3.8, 4) is 11.9 Å². The lowest BCUT2D eigenvalue weighted by Crippen LogP contribution is -2.17. The van der Waals surface area contributed by atoms with Gasteiger partial charge in [0.25, 0.3) is 0 Å². The van der Waals surface area contributed by atoms with Crippen LogP contribution in [-0.4, -0.2) is 13.0 Å². The van der Waals surface area contributed by atoms with Crippen molar-refractivity contribution in [3.05, 3.63) is 29.8 Å². The Bertz CT molecular complexity index is 365. The third-order valence-corrected chi connectivity index (χ3v) is 2.00. The van der Waals surface area contributed by atoms with Crippen LogP contribution >= 0.6 is 0 Å². The zero-order valence-electron chi connectivity index (χ0n) is 8.49. The van der Waals surface area contributed by atoms with E-state index in [9.17, 15) is 4.79 Å². The maximum atomic E-state index is 11.0. The second-order valence-corrected chi connectivity index (χ2v) is 3.01. The highest BCUT2D eigenvalue weighted by molar-refractivity contribution is 5.77. The summed E-state index contributed by atoms with van der Waals surface area (Å²) >= 11 is 0. The van der Waals surface area contributed by atoms with Crippen LogP contribution in [0.15, 0.2) is 24.3 Å². The summed E-state index contributed by atoms with van der Waals surface area (Å²) in [6.45, 7) is 0. The van der Waals surface area contributed by atoms with Gasteiger partial charge in [0.2, 0.25) is 5.91 Å². The maximum absolute atomic E-state index is 11.0. The van der Waals surface area contributed by atoms with Crippen LogP contribution in [0.1, 0.15) is 12.0 Å². The molecule has 4 nitrogen and oxygen atoms in total. The van der Waals surface area contributed by atoms with Crippen LogP contribution in [0.5, 0.6) is 5.75 Å². The molecule has 0 aliphatic heterocycles. The lowest BCUT2D eigenvalue weighted by Gasteiger charge is -2.02. The van der Waals surface area contributed by atoms with E-state index < -0.39 is 0 Å². The molecule has 78 valence electrons. The predicted octanol–water partition coefficient (Wildman–Crippen LogP) is 1.23. The second kappa shape index (κ2) is 5.66. The standard InChI is InChI=1S/C11H12N2O2/c1-15-10-5-2-9(3-6-10)4-7-11(14)13-8-12/h2-3,5-6H,4,7H2,1H3,(H,13,14). The topological polar surface area (TPSA) is 62.1 Å². The molecule has 0 aromatic heterocycles. The zero-order chi connectivity index (χ0) is 11.1. The SMILES string of the molecule is COc1ccc(CCC(=O)NC#N)cc1. The van der Waals surface area contributed by atoms with E-state index in [1.54, 1.807) is 13.3 Å². The Hall–Kier alpha value is -2.02. The molecule has 0 aliphatic rings. The minimum absolute atomic E-state index is 0.256. The number of rotatable bonds is 4. The second-order valence-electron chi connectivity index (χ2n) is 3.01. The molecule has 1 aromatic carbocycles. The quantitative estimate of drug-likeness (QED) is 0.592. The summed E-state index contributed by atoms with van der Waals surface area (Å²) in [6.07, 6.45) is 2.54. The van der Waals surface area contributed by atoms with Crippen molar-refractivity contribution in [1.82, 2.24) is 5.32 Å². The number of carbonyl (C=O) groups excluding carboxylic acids is 1. The van der Waals surface area contributed by atoms with Gasteiger partial charge in [0.15, 0.2) is 6.19 Å². The number of nitrogens with zero attached hydrogens (tertiary/aromatic N) is 1. The summed E-state index contributed by atoms with van der Waals surface area (Å²) in [5.41, 5.74) is 1.05. The zero-order valence-corrected chi connectivity index (χ0v) is 8.49. The molecule has 4 heteroatoms. The number of methoxy groups -OCH3 is 1. The van der Waals surface area contributed by atoms with Crippen LogP contribution in [0, 0.1) is 11.5 Å². The van der Waals surface area contributed by atoms with Crippen molar-refractivity contribution in [2.45, 2.75) is 12.8 Å². The highest BCUT2D eigenvalue weighted by Gasteiger charge is 2.01. The van der Waals surface area contributed by atoms with Gasteiger partial charge in [-0.2, -0.15) is 5.26 Å². The fourth-order valence-electron chi connectivity index (χ4n) is 1.17. The summed E-state index contributed by atoms with van der Waals surface area (Å²) < 4.78 is 5.01. The third kappa shape index (κ3) is 3.69. The molecular weight excluding hydrogens is 192 g/mol. The Kier molecular flexibility index (Phi) is 4.17. The molecule has 0 aliphatic carbocycles. The van der Waals surface area contributed by atoms with E-state index in [1.165, 1.54) is 0 Å². The van der Waals surface area contributed by atoms with Crippen LogP contribution < -0.4 is 10.1 Å². The molecule has 0 radical (unpaired) electrons. The van der Waals surface area contributed by atoms with Gasteiger partial charge < -0.3 is 4.74 Å². The molecule has 0 saturated heterocycles. The Morgan fingerprint density at radius 1 is 1.47 bits per heavy atom. The van der Waals surface area contributed by atoms with E-state index in [-0.39, 0.29) is 5.91 Å². The first-order valence-electron chi connectivity index (χ1n) is 4.57. The average molecular weight is 204 g/mol. The van der Waals surface area contributed by atoms with Crippen LogP contribution in [0.4, 0.5) is 0 Å². The Balaban J connectivity index is 2.45. The van der Waals surface area contributed by atoms with Gasteiger partial charge in [0, 0.05) is 6.42 Å². The van der Waals surface area contributed by atoms with Crippen LogP contribution in [0.2, 0.25) is 0 Å². The van der Waals surface area contributed by atoms with Crippen molar-refractivity contribution >= 4 is 5.91 Å². The Labute approximate surface area is 88.5 Å². The number of hydrogen-bond acceptors (Lipinski definition) is 3. The number of carbonyl (C=O) groups is 1. The molecule has 0 heterocycles.